The van der Waals surface area contributed by atoms with E-state index in [9.17, 15) is 9.18 Å². The Bertz CT molecular complexity index is 642. The van der Waals surface area contributed by atoms with Crippen LogP contribution in [0.4, 0.5) is 9.18 Å². The van der Waals surface area contributed by atoms with Gasteiger partial charge in [0.2, 0.25) is 0 Å². The Balaban J connectivity index is 1.87. The van der Waals surface area contributed by atoms with Gasteiger partial charge in [0, 0.05) is 24.5 Å². The summed E-state index contributed by atoms with van der Waals surface area (Å²) >= 11 is 1.67. The van der Waals surface area contributed by atoms with Gasteiger partial charge in [-0.15, -0.1) is 11.3 Å². The van der Waals surface area contributed by atoms with Crippen molar-refractivity contribution in [2.24, 2.45) is 0 Å². The molecular formula is C20H28FN3OS. The lowest BCUT2D eigenvalue weighted by Crippen LogP contribution is -2.44. The number of thiophene rings is 1. The fourth-order valence-corrected chi connectivity index (χ4v) is 3.44. The maximum Gasteiger partial charge on any atom is 0.317 e. The average molecular weight is 378 g/mol. The number of nitrogens with one attached hydrogen (secondary N) is 1. The van der Waals surface area contributed by atoms with Gasteiger partial charge < -0.3 is 15.1 Å². The number of urea groups is 1. The third kappa shape index (κ3) is 6.77. The number of benzene rings is 1. The first-order chi connectivity index (χ1) is 12.6. The molecule has 2 rings (SSSR count). The van der Waals surface area contributed by atoms with Crippen LogP contribution in [0.25, 0.3) is 0 Å². The summed E-state index contributed by atoms with van der Waals surface area (Å²) in [5, 5.41) is 5.03. The summed E-state index contributed by atoms with van der Waals surface area (Å²) in [5.74, 6) is -0.240. The zero-order valence-corrected chi connectivity index (χ0v) is 16.4. The molecule has 1 aromatic carbocycles. The first-order valence-corrected chi connectivity index (χ1v) is 10.0. The number of likely N-dealkylation sites (N-methyl/N-ethyl adjacent to an activating group) is 1. The average Bonchev–Trinajstić information content (AvgIpc) is 3.16. The molecular weight excluding hydrogens is 349 g/mol. The van der Waals surface area contributed by atoms with Crippen LogP contribution in [0.2, 0.25) is 0 Å². The second-order valence-corrected chi connectivity index (χ2v) is 7.17. The highest BCUT2D eigenvalue weighted by atomic mass is 32.1. The van der Waals surface area contributed by atoms with Crippen LogP contribution in [0.5, 0.6) is 0 Å². The molecule has 0 aliphatic carbocycles. The first kappa shape index (κ1) is 20.4. The van der Waals surface area contributed by atoms with Crippen molar-refractivity contribution in [2.75, 3.05) is 32.7 Å². The van der Waals surface area contributed by atoms with Gasteiger partial charge in [-0.25, -0.2) is 9.18 Å². The molecule has 1 heterocycles. The lowest BCUT2D eigenvalue weighted by molar-refractivity contribution is 0.183. The highest BCUT2D eigenvalue weighted by molar-refractivity contribution is 7.09. The molecule has 2 aromatic rings. The lowest BCUT2D eigenvalue weighted by Gasteiger charge is -2.26. The summed E-state index contributed by atoms with van der Waals surface area (Å²) in [6, 6.07) is 10.4. The van der Waals surface area contributed by atoms with Crippen LogP contribution in [0.3, 0.4) is 0 Å². The number of hydrogen-bond donors (Lipinski definition) is 1. The van der Waals surface area contributed by atoms with E-state index in [2.05, 4.69) is 30.1 Å². The minimum Gasteiger partial charge on any atom is -0.338 e. The second kappa shape index (κ2) is 10.9. The van der Waals surface area contributed by atoms with Crippen LogP contribution in [0, 0.1) is 5.82 Å². The van der Waals surface area contributed by atoms with Crippen molar-refractivity contribution in [3.05, 3.63) is 58.0 Å². The second-order valence-electron chi connectivity index (χ2n) is 6.14. The summed E-state index contributed by atoms with van der Waals surface area (Å²) in [6.07, 6.45) is 0.689. The quantitative estimate of drug-likeness (QED) is 0.680. The Kier molecular flexibility index (Phi) is 8.58. The summed E-state index contributed by atoms with van der Waals surface area (Å²) in [4.78, 5) is 18.0. The van der Waals surface area contributed by atoms with Crippen molar-refractivity contribution in [1.82, 2.24) is 15.1 Å². The van der Waals surface area contributed by atoms with Crippen molar-refractivity contribution in [3.63, 3.8) is 0 Å². The number of amides is 2. The zero-order chi connectivity index (χ0) is 18.8. The van der Waals surface area contributed by atoms with Gasteiger partial charge in [0.05, 0.1) is 6.54 Å². The van der Waals surface area contributed by atoms with Crippen LogP contribution in [-0.2, 0) is 13.0 Å². The summed E-state index contributed by atoms with van der Waals surface area (Å²) < 4.78 is 13.0. The minimum atomic E-state index is -0.240. The van der Waals surface area contributed by atoms with E-state index >= 15 is 0 Å². The molecule has 0 saturated heterocycles. The molecule has 0 aliphatic rings. The maximum atomic E-state index is 13.0. The van der Waals surface area contributed by atoms with Gasteiger partial charge in [-0.3, -0.25) is 0 Å². The normalized spacial score (nSPS) is 10.9. The molecule has 0 radical (unpaired) electrons. The van der Waals surface area contributed by atoms with Crippen LogP contribution in [0.1, 0.15) is 24.3 Å². The monoisotopic (exact) mass is 377 g/mol. The van der Waals surface area contributed by atoms with E-state index in [4.69, 9.17) is 0 Å². The smallest absolute Gasteiger partial charge is 0.317 e. The molecule has 4 nitrogen and oxygen atoms in total. The van der Waals surface area contributed by atoms with Crippen molar-refractivity contribution in [1.29, 1.82) is 0 Å². The molecule has 0 spiro atoms. The van der Waals surface area contributed by atoms with Crippen molar-refractivity contribution in [2.45, 2.75) is 26.8 Å². The minimum absolute atomic E-state index is 0.0485. The summed E-state index contributed by atoms with van der Waals surface area (Å²) in [6.45, 7) is 8.96. The van der Waals surface area contributed by atoms with E-state index in [0.29, 0.717) is 26.1 Å². The number of halogens is 1. The fourth-order valence-electron chi connectivity index (χ4n) is 2.72. The van der Waals surface area contributed by atoms with Gasteiger partial charge in [-0.1, -0.05) is 32.0 Å². The third-order valence-electron chi connectivity index (χ3n) is 4.40. The van der Waals surface area contributed by atoms with E-state index < -0.39 is 0 Å². The summed E-state index contributed by atoms with van der Waals surface area (Å²) in [5.41, 5.74) is 1.01. The number of carbonyl (C=O) groups is 1. The molecule has 0 aliphatic heterocycles. The highest BCUT2D eigenvalue weighted by Gasteiger charge is 2.15. The molecule has 1 aromatic heterocycles. The van der Waals surface area contributed by atoms with Crippen LogP contribution in [0.15, 0.2) is 41.8 Å². The van der Waals surface area contributed by atoms with E-state index in [1.54, 1.807) is 23.5 Å². The molecule has 142 valence electrons. The Labute approximate surface area is 159 Å². The predicted octanol–water partition coefficient (Wildman–Crippen LogP) is 3.98. The van der Waals surface area contributed by atoms with E-state index in [1.807, 2.05) is 16.3 Å². The molecule has 0 atom stereocenters. The van der Waals surface area contributed by atoms with E-state index in [0.717, 1.165) is 25.2 Å². The number of carbonyl (C=O) groups excluding carboxylic acids is 1. The highest BCUT2D eigenvalue weighted by Crippen LogP contribution is 2.12. The molecule has 0 saturated carbocycles. The largest absolute Gasteiger partial charge is 0.338 e. The van der Waals surface area contributed by atoms with Crippen LogP contribution < -0.4 is 5.32 Å². The molecule has 2 amide bonds. The SMILES string of the molecule is CCN(CC)CCN(Cc1cccs1)C(=O)NCCc1ccc(F)cc1. The number of hydrogen-bond acceptors (Lipinski definition) is 3. The van der Waals surface area contributed by atoms with Gasteiger partial charge in [0.1, 0.15) is 5.82 Å². The molecule has 0 unspecified atom stereocenters. The molecule has 0 fully saturated rings. The Morgan fingerprint density at radius 1 is 1.12 bits per heavy atom. The topological polar surface area (TPSA) is 35.6 Å². The Morgan fingerprint density at radius 3 is 2.46 bits per heavy atom. The molecule has 0 bridgehead atoms. The van der Waals surface area contributed by atoms with E-state index in [-0.39, 0.29) is 11.8 Å². The Hall–Kier alpha value is -1.92. The van der Waals surface area contributed by atoms with Crippen molar-refractivity contribution in [3.8, 4) is 0 Å². The molecule has 26 heavy (non-hydrogen) atoms. The standard InChI is InChI=1S/C20H28FN3OS/c1-3-23(4-2)13-14-24(16-19-6-5-15-26-19)20(25)22-12-11-17-7-9-18(21)10-8-17/h5-10,15H,3-4,11-14,16H2,1-2H3,(H,22,25). The molecule has 1 N–H and O–H groups in total. The van der Waals surface area contributed by atoms with Gasteiger partial charge in [-0.2, -0.15) is 0 Å². The van der Waals surface area contributed by atoms with Gasteiger partial charge >= 0.3 is 6.03 Å². The van der Waals surface area contributed by atoms with Crippen LogP contribution >= 0.6 is 11.3 Å². The Morgan fingerprint density at radius 2 is 1.85 bits per heavy atom. The van der Waals surface area contributed by atoms with Gasteiger partial charge in [0.25, 0.3) is 0 Å². The number of rotatable bonds is 10. The third-order valence-corrected chi connectivity index (χ3v) is 5.26. The van der Waals surface area contributed by atoms with E-state index in [1.165, 1.54) is 17.0 Å². The summed E-state index contributed by atoms with van der Waals surface area (Å²) in [7, 11) is 0. The first-order valence-electron chi connectivity index (χ1n) is 9.14. The van der Waals surface area contributed by atoms with Gasteiger partial charge in [-0.05, 0) is 48.7 Å². The molecule has 6 heteroatoms. The predicted molar refractivity (Wildman–Crippen MR) is 106 cm³/mol. The van der Waals surface area contributed by atoms with Crippen LogP contribution in [-0.4, -0.2) is 48.6 Å². The lowest BCUT2D eigenvalue weighted by atomic mass is 10.1. The maximum absolute atomic E-state index is 13.0. The van der Waals surface area contributed by atoms with Gasteiger partial charge in [0.15, 0.2) is 0 Å². The number of nitrogens with zero attached hydrogens (tertiary/aromatic N) is 2. The van der Waals surface area contributed by atoms with Crippen molar-refractivity contribution < 1.29 is 9.18 Å². The van der Waals surface area contributed by atoms with Crippen molar-refractivity contribution >= 4 is 17.4 Å². The fraction of sp³-hybridized carbons (Fsp3) is 0.450. The zero-order valence-electron chi connectivity index (χ0n) is 15.6.